The number of hydrogen-bond acceptors (Lipinski definition) is 5. The number of nitrogens with one attached hydrogen (secondary N) is 1. The molecule has 1 amide bonds. The molecule has 1 aromatic carbocycles. The maximum absolute atomic E-state index is 12.6. The third kappa shape index (κ3) is 5.64. The van der Waals surface area contributed by atoms with E-state index in [0.29, 0.717) is 17.7 Å². The van der Waals surface area contributed by atoms with Crippen LogP contribution in [-0.2, 0) is 17.9 Å². The Morgan fingerprint density at radius 2 is 1.83 bits per heavy atom. The Labute approximate surface area is 183 Å². The van der Waals surface area contributed by atoms with Gasteiger partial charge in [0.15, 0.2) is 5.16 Å². The molecule has 2 aromatic rings. The van der Waals surface area contributed by atoms with Crippen molar-refractivity contribution in [1.82, 2.24) is 25.0 Å². The lowest BCUT2D eigenvalue weighted by atomic mass is 9.86. The van der Waals surface area contributed by atoms with Crippen molar-refractivity contribution < 1.29 is 4.79 Å². The summed E-state index contributed by atoms with van der Waals surface area (Å²) in [6.45, 7) is 6.07. The number of nitrogens with zero attached hydrogens (tertiary/aromatic N) is 4. The lowest BCUT2D eigenvalue weighted by molar-refractivity contribution is -0.119. The second-order valence-corrected chi connectivity index (χ2v) is 9.62. The Bertz CT molecular complexity index is 818. The zero-order valence-corrected chi connectivity index (χ0v) is 18.7. The fourth-order valence-corrected chi connectivity index (χ4v) is 5.29. The highest BCUT2D eigenvalue weighted by Gasteiger charge is 2.24. The third-order valence-corrected chi connectivity index (χ3v) is 7.30. The van der Waals surface area contributed by atoms with Gasteiger partial charge in [-0.2, -0.15) is 0 Å². The van der Waals surface area contributed by atoms with E-state index in [0.717, 1.165) is 43.6 Å². The zero-order valence-electron chi connectivity index (χ0n) is 17.9. The molecule has 6 nitrogen and oxygen atoms in total. The van der Waals surface area contributed by atoms with Crippen LogP contribution < -0.4 is 5.32 Å². The summed E-state index contributed by atoms with van der Waals surface area (Å²) in [5.74, 6) is 2.06. The fraction of sp³-hybridized carbons (Fsp3) is 0.609. The van der Waals surface area contributed by atoms with Crippen molar-refractivity contribution in [3.63, 3.8) is 0 Å². The minimum Gasteiger partial charge on any atom is -0.352 e. The predicted octanol–water partition coefficient (Wildman–Crippen LogP) is 3.71. The molecule has 1 N–H and O–H groups in total. The molecule has 2 fully saturated rings. The predicted molar refractivity (Wildman–Crippen MR) is 120 cm³/mol. The van der Waals surface area contributed by atoms with E-state index in [-0.39, 0.29) is 5.91 Å². The highest BCUT2D eigenvalue weighted by atomic mass is 32.2. The largest absolute Gasteiger partial charge is 0.352 e. The van der Waals surface area contributed by atoms with Crippen LogP contribution in [0.3, 0.4) is 0 Å². The number of benzene rings is 1. The van der Waals surface area contributed by atoms with Gasteiger partial charge < -0.3 is 9.88 Å². The van der Waals surface area contributed by atoms with Crippen molar-refractivity contribution in [2.45, 2.75) is 69.7 Å². The van der Waals surface area contributed by atoms with Crippen molar-refractivity contribution in [1.29, 1.82) is 0 Å². The van der Waals surface area contributed by atoms with Gasteiger partial charge in [-0.1, -0.05) is 61.9 Å². The minimum absolute atomic E-state index is 0.106. The molecular weight excluding hydrogens is 394 g/mol. The molecule has 1 aliphatic heterocycles. The molecule has 7 heteroatoms. The molecule has 0 bridgehead atoms. The van der Waals surface area contributed by atoms with Crippen LogP contribution in [0.25, 0.3) is 0 Å². The van der Waals surface area contributed by atoms with Crippen LogP contribution in [0.2, 0.25) is 0 Å². The maximum atomic E-state index is 12.6. The number of amides is 1. The molecular formula is C23H33N5OS. The van der Waals surface area contributed by atoms with Gasteiger partial charge in [0.05, 0.1) is 18.8 Å². The van der Waals surface area contributed by atoms with E-state index in [2.05, 4.69) is 56.2 Å². The van der Waals surface area contributed by atoms with Crippen LogP contribution in [0.15, 0.2) is 35.5 Å². The van der Waals surface area contributed by atoms with Gasteiger partial charge in [-0.3, -0.25) is 9.69 Å². The second kappa shape index (κ2) is 10.4. The van der Waals surface area contributed by atoms with Crippen molar-refractivity contribution in [3.05, 3.63) is 41.7 Å². The normalized spacial score (nSPS) is 22.3. The van der Waals surface area contributed by atoms with Gasteiger partial charge in [0.1, 0.15) is 5.82 Å². The van der Waals surface area contributed by atoms with Crippen LogP contribution in [-0.4, -0.2) is 50.5 Å². The van der Waals surface area contributed by atoms with Gasteiger partial charge in [-0.05, 0) is 50.3 Å². The lowest BCUT2D eigenvalue weighted by Crippen LogP contribution is -2.41. The highest BCUT2D eigenvalue weighted by Crippen LogP contribution is 2.25. The first-order chi connectivity index (χ1) is 14.7. The summed E-state index contributed by atoms with van der Waals surface area (Å²) in [6, 6.07) is 10.7. The van der Waals surface area contributed by atoms with E-state index in [1.54, 1.807) is 0 Å². The molecule has 1 aliphatic carbocycles. The lowest BCUT2D eigenvalue weighted by Gasteiger charge is -2.29. The molecule has 4 rings (SSSR count). The van der Waals surface area contributed by atoms with E-state index >= 15 is 0 Å². The van der Waals surface area contributed by atoms with Gasteiger partial charge in [0, 0.05) is 6.04 Å². The molecule has 1 saturated carbocycles. The molecule has 30 heavy (non-hydrogen) atoms. The van der Waals surface area contributed by atoms with E-state index in [9.17, 15) is 4.79 Å². The Morgan fingerprint density at radius 3 is 2.60 bits per heavy atom. The monoisotopic (exact) mass is 427 g/mol. The van der Waals surface area contributed by atoms with E-state index in [1.165, 1.54) is 49.4 Å². The topological polar surface area (TPSA) is 63.1 Å². The molecule has 0 radical (unpaired) electrons. The second-order valence-electron chi connectivity index (χ2n) is 8.68. The quantitative estimate of drug-likeness (QED) is 0.651. The smallest absolute Gasteiger partial charge is 0.230 e. The van der Waals surface area contributed by atoms with Crippen LogP contribution >= 0.6 is 11.8 Å². The number of likely N-dealkylation sites (tertiary alicyclic amines) is 1. The maximum Gasteiger partial charge on any atom is 0.230 e. The van der Waals surface area contributed by atoms with E-state index in [4.69, 9.17) is 0 Å². The Balaban J connectivity index is 1.42. The standard InChI is InChI=1S/C23H33N5OS/c1-18-9-5-6-12-20(18)24-22(29)17-30-23-26-25-21(16-27-13-7-8-14-27)28(23)15-19-10-3-2-4-11-19/h2-4,10-11,18,20H,5-9,12-17H2,1H3,(H,24,29). The van der Waals surface area contributed by atoms with Gasteiger partial charge in [0.25, 0.3) is 0 Å². The number of carbonyl (C=O) groups excluding carboxylic acids is 1. The van der Waals surface area contributed by atoms with Gasteiger partial charge in [-0.25, -0.2) is 0 Å². The van der Waals surface area contributed by atoms with Crippen molar-refractivity contribution in [2.24, 2.45) is 5.92 Å². The summed E-state index contributed by atoms with van der Waals surface area (Å²) >= 11 is 1.50. The summed E-state index contributed by atoms with van der Waals surface area (Å²) in [5.41, 5.74) is 1.22. The van der Waals surface area contributed by atoms with Crippen molar-refractivity contribution in [3.8, 4) is 0 Å². The van der Waals surface area contributed by atoms with Gasteiger partial charge >= 0.3 is 0 Å². The van der Waals surface area contributed by atoms with Crippen LogP contribution in [0.5, 0.6) is 0 Å². The summed E-state index contributed by atoms with van der Waals surface area (Å²) < 4.78 is 2.19. The summed E-state index contributed by atoms with van der Waals surface area (Å²) in [6.07, 6.45) is 7.33. The average molecular weight is 428 g/mol. The summed E-state index contributed by atoms with van der Waals surface area (Å²) in [7, 11) is 0. The van der Waals surface area contributed by atoms with Gasteiger partial charge in [-0.15, -0.1) is 10.2 Å². The average Bonchev–Trinajstić information content (AvgIpc) is 3.40. The summed E-state index contributed by atoms with van der Waals surface area (Å²) in [4.78, 5) is 15.0. The van der Waals surface area contributed by atoms with Crippen molar-refractivity contribution in [2.75, 3.05) is 18.8 Å². The van der Waals surface area contributed by atoms with E-state index < -0.39 is 0 Å². The van der Waals surface area contributed by atoms with Crippen LogP contribution in [0.4, 0.5) is 0 Å². The zero-order chi connectivity index (χ0) is 20.8. The minimum atomic E-state index is 0.106. The number of aromatic nitrogens is 3. The molecule has 162 valence electrons. The molecule has 2 unspecified atom stereocenters. The SMILES string of the molecule is CC1CCCCC1NC(=O)CSc1nnc(CN2CCCC2)n1Cc1ccccc1. The number of thioether (sulfide) groups is 1. The van der Waals surface area contributed by atoms with Crippen LogP contribution in [0, 0.1) is 5.92 Å². The molecule has 0 spiro atoms. The van der Waals surface area contributed by atoms with Gasteiger partial charge in [0.2, 0.25) is 5.91 Å². The summed E-state index contributed by atoms with van der Waals surface area (Å²) in [5, 5.41) is 13.0. The Kier molecular flexibility index (Phi) is 7.44. The molecule has 2 heterocycles. The molecule has 2 atom stereocenters. The van der Waals surface area contributed by atoms with Crippen LogP contribution in [0.1, 0.15) is 56.8 Å². The van der Waals surface area contributed by atoms with E-state index in [1.807, 2.05) is 6.07 Å². The fourth-order valence-electron chi connectivity index (χ4n) is 4.52. The molecule has 1 aromatic heterocycles. The molecule has 2 aliphatic rings. The Hall–Kier alpha value is -1.86. The number of hydrogen-bond donors (Lipinski definition) is 1. The first kappa shape index (κ1) is 21.4. The molecule has 1 saturated heterocycles. The first-order valence-electron chi connectivity index (χ1n) is 11.3. The third-order valence-electron chi connectivity index (χ3n) is 6.33. The highest BCUT2D eigenvalue weighted by molar-refractivity contribution is 7.99. The number of carbonyl (C=O) groups is 1. The first-order valence-corrected chi connectivity index (χ1v) is 12.3. The Morgan fingerprint density at radius 1 is 1.07 bits per heavy atom. The number of rotatable bonds is 8. The van der Waals surface area contributed by atoms with Crippen molar-refractivity contribution >= 4 is 17.7 Å².